The fraction of sp³-hybridized carbons (Fsp3) is 1.00. The molecule has 0 fully saturated rings. The molecule has 0 spiro atoms. The van der Waals surface area contributed by atoms with Crippen LogP contribution in [0.3, 0.4) is 0 Å². The molecule has 0 rings (SSSR count). The number of hydrogen-bond donors (Lipinski definition) is 1. The van der Waals surface area contributed by atoms with Gasteiger partial charge in [0.2, 0.25) is 0 Å². The third kappa shape index (κ3) is 25.4. The van der Waals surface area contributed by atoms with Crippen molar-refractivity contribution in [2.45, 2.75) is 26.3 Å². The molecule has 0 bridgehead atoms. The molecule has 0 aromatic carbocycles. The Balaban J connectivity index is 0. The summed E-state index contributed by atoms with van der Waals surface area (Å²) in [6.45, 7) is 6.40. The molecule has 0 amide bonds. The van der Waals surface area contributed by atoms with E-state index in [0.29, 0.717) is 18.8 Å². The van der Waals surface area contributed by atoms with Crippen molar-refractivity contribution in [3.8, 4) is 0 Å². The van der Waals surface area contributed by atoms with Gasteiger partial charge in [0.25, 0.3) is 0 Å². The maximum absolute atomic E-state index is 3.10. The molecule has 0 saturated carbocycles. The van der Waals surface area contributed by atoms with Crippen molar-refractivity contribution in [3.63, 3.8) is 0 Å². The normalized spacial score (nSPS) is 10.4. The Bertz CT molecular complexity index is 50.7. The van der Waals surface area contributed by atoms with Crippen LogP contribution in [0.1, 0.15) is 20.8 Å². The predicted molar refractivity (Wildman–Crippen MR) is 56.9 cm³/mol. The van der Waals surface area contributed by atoms with Gasteiger partial charge in [-0.05, 0) is 27.8 Å². The molecule has 60 valence electrons. The van der Waals surface area contributed by atoms with Gasteiger partial charge >= 0.3 is 50.5 Å². The van der Waals surface area contributed by atoms with Crippen molar-refractivity contribution in [1.29, 1.82) is 0 Å². The first-order valence-electron chi connectivity index (χ1n) is 2.54. The Morgan fingerprint density at radius 1 is 1.22 bits per heavy atom. The van der Waals surface area contributed by atoms with Crippen molar-refractivity contribution >= 4 is 37.2 Å². The van der Waals surface area contributed by atoms with E-state index in [1.54, 1.807) is 0 Å². The summed E-state index contributed by atoms with van der Waals surface area (Å²) in [5, 5.41) is 3.10. The average Bonchev–Trinajstić information content (AvgIpc) is 1.67. The first kappa shape index (κ1) is 13.7. The molecule has 0 atom stereocenters. The molecular weight excluding hydrogens is 455 g/mol. The van der Waals surface area contributed by atoms with E-state index in [-0.39, 0.29) is 0 Å². The Morgan fingerprint density at radius 2 is 1.33 bits per heavy atom. The number of hydrogen-bond acceptors (Lipinski definition) is 1. The van der Waals surface area contributed by atoms with Crippen LogP contribution in [-0.2, 0) is 0 Å². The van der Waals surface area contributed by atoms with Crippen LogP contribution in [0.25, 0.3) is 0 Å². The summed E-state index contributed by atoms with van der Waals surface area (Å²) in [4.78, 5) is 0. The summed E-state index contributed by atoms with van der Waals surface area (Å²) in [7, 11) is 1.96. The zero-order valence-corrected chi connectivity index (χ0v) is 12.6. The molecular formula is C5H13I3N-. The van der Waals surface area contributed by atoms with Crippen molar-refractivity contribution in [1.82, 2.24) is 5.32 Å². The maximum atomic E-state index is 3.10. The van der Waals surface area contributed by atoms with E-state index in [9.17, 15) is 0 Å². The summed E-state index contributed by atoms with van der Waals surface area (Å²) in [5.74, 6) is 0. The predicted octanol–water partition coefficient (Wildman–Crippen LogP) is -0.220. The van der Waals surface area contributed by atoms with Crippen LogP contribution in [0, 0.1) is 0 Å². The fourth-order valence-electron chi connectivity index (χ4n) is 0. The van der Waals surface area contributed by atoms with Gasteiger partial charge in [0.1, 0.15) is 0 Å². The van der Waals surface area contributed by atoms with Crippen LogP contribution in [0.5, 0.6) is 0 Å². The van der Waals surface area contributed by atoms with E-state index in [1.165, 1.54) is 0 Å². The molecule has 0 aromatic rings. The van der Waals surface area contributed by atoms with Gasteiger partial charge in [0.15, 0.2) is 0 Å². The van der Waals surface area contributed by atoms with E-state index < -0.39 is 0 Å². The summed E-state index contributed by atoms with van der Waals surface area (Å²) < 4.78 is 0. The molecule has 0 aliphatic heterocycles. The molecule has 1 N–H and O–H groups in total. The second-order valence-corrected chi connectivity index (χ2v) is 18.8. The summed E-state index contributed by atoms with van der Waals surface area (Å²) >= 11 is 5.30. The zero-order valence-electron chi connectivity index (χ0n) is 6.13. The molecule has 1 nitrogen and oxygen atoms in total. The van der Waals surface area contributed by atoms with Crippen molar-refractivity contribution < 1.29 is 13.3 Å². The van der Waals surface area contributed by atoms with Gasteiger partial charge < -0.3 is 5.32 Å². The number of nitrogens with one attached hydrogen (secondary N) is 1. The Morgan fingerprint density at radius 3 is 1.33 bits per heavy atom. The van der Waals surface area contributed by atoms with E-state index in [1.807, 2.05) is 7.05 Å². The van der Waals surface area contributed by atoms with Crippen molar-refractivity contribution in [3.05, 3.63) is 0 Å². The van der Waals surface area contributed by atoms with Crippen molar-refractivity contribution in [2.24, 2.45) is 0 Å². The van der Waals surface area contributed by atoms with Gasteiger partial charge in [-0.25, -0.2) is 0 Å². The second kappa shape index (κ2) is 8.25. The molecule has 0 aromatic heterocycles. The molecule has 0 unspecified atom stereocenters. The van der Waals surface area contributed by atoms with Gasteiger partial charge in [-0.2, -0.15) is 0 Å². The van der Waals surface area contributed by atoms with Crippen LogP contribution < -0.4 is 18.6 Å². The SMILES string of the molecule is CNC(C)(C)C.I[I-]I. The van der Waals surface area contributed by atoms with E-state index in [4.69, 9.17) is 0 Å². The van der Waals surface area contributed by atoms with Crippen LogP contribution in [0.2, 0.25) is 0 Å². The van der Waals surface area contributed by atoms with E-state index in [0.717, 1.165) is 0 Å². The van der Waals surface area contributed by atoms with Crippen LogP contribution in [0.4, 0.5) is 0 Å². The Kier molecular flexibility index (Phi) is 12.6. The first-order valence-corrected chi connectivity index (χ1v) is 15.1. The Labute approximate surface area is 87.7 Å². The van der Waals surface area contributed by atoms with Gasteiger partial charge in [0.05, 0.1) is 0 Å². The molecule has 0 aliphatic rings. The summed E-state index contributed by atoms with van der Waals surface area (Å²) in [6.07, 6.45) is 0. The molecule has 0 saturated heterocycles. The Hall–Kier alpha value is 2.15. The number of halogens is 3. The zero-order chi connectivity index (χ0) is 7.91. The minimum absolute atomic E-state index is 0.292. The third-order valence-electron chi connectivity index (χ3n) is 0.750. The van der Waals surface area contributed by atoms with E-state index in [2.05, 4.69) is 63.3 Å². The van der Waals surface area contributed by atoms with Gasteiger partial charge in [-0.1, -0.05) is 0 Å². The standard InChI is InChI=1S/C5H13N.I3/c1-5(2,3)6-4;1-3-2/h6H,1-4H3;/q;-1. The molecule has 0 radical (unpaired) electrons. The fourth-order valence-corrected chi connectivity index (χ4v) is 0. The van der Waals surface area contributed by atoms with Crippen molar-refractivity contribution in [2.75, 3.05) is 7.05 Å². The first-order chi connectivity index (χ1) is 3.97. The van der Waals surface area contributed by atoms with Crippen LogP contribution in [-0.4, -0.2) is 12.6 Å². The molecule has 4 heteroatoms. The number of rotatable bonds is 0. The minimum atomic E-state index is 0.292. The third-order valence-corrected chi connectivity index (χ3v) is 0.750. The van der Waals surface area contributed by atoms with Gasteiger partial charge in [-0.15, -0.1) is 0 Å². The molecule has 9 heavy (non-hydrogen) atoms. The average molecular weight is 468 g/mol. The molecule has 0 heterocycles. The van der Waals surface area contributed by atoms with E-state index >= 15 is 0 Å². The van der Waals surface area contributed by atoms with Gasteiger partial charge in [-0.3, -0.25) is 0 Å². The molecule has 0 aliphatic carbocycles. The summed E-state index contributed by atoms with van der Waals surface area (Å²) in [5.41, 5.74) is 0.292. The second-order valence-electron chi connectivity index (χ2n) is 2.55. The topological polar surface area (TPSA) is 12.0 Å². The van der Waals surface area contributed by atoms with Gasteiger partial charge in [0, 0.05) is 5.54 Å². The van der Waals surface area contributed by atoms with Crippen LogP contribution in [0.15, 0.2) is 0 Å². The quantitative estimate of drug-likeness (QED) is 0.486. The summed E-state index contributed by atoms with van der Waals surface area (Å²) in [6, 6.07) is 0. The van der Waals surface area contributed by atoms with Crippen LogP contribution >= 0.6 is 37.2 Å². The monoisotopic (exact) mass is 468 g/mol.